The number of hydrogen-bond acceptors (Lipinski definition) is 5. The van der Waals surface area contributed by atoms with Crippen molar-refractivity contribution in [1.29, 1.82) is 0 Å². The van der Waals surface area contributed by atoms with E-state index in [1.165, 1.54) is 23.3 Å². The van der Waals surface area contributed by atoms with Crippen molar-refractivity contribution >= 4 is 28.2 Å². The lowest BCUT2D eigenvalue weighted by atomic mass is 9.69. The number of esters is 1. The number of nitrogens with one attached hydrogen (secondary N) is 1. The van der Waals surface area contributed by atoms with Crippen molar-refractivity contribution in [2.45, 2.75) is 65.4 Å². The van der Waals surface area contributed by atoms with Crippen LogP contribution in [0.15, 0.2) is 0 Å². The van der Waals surface area contributed by atoms with Crippen molar-refractivity contribution in [1.82, 2.24) is 0 Å². The van der Waals surface area contributed by atoms with E-state index in [2.05, 4.69) is 26.1 Å². The smallest absolute Gasteiger partial charge is 0.341 e. The van der Waals surface area contributed by atoms with Gasteiger partial charge in [0.2, 0.25) is 0 Å². The highest BCUT2D eigenvalue weighted by atomic mass is 32.1. The van der Waals surface area contributed by atoms with E-state index in [1.807, 2.05) is 0 Å². The molecule has 1 aliphatic carbocycles. The zero-order valence-electron chi connectivity index (χ0n) is 16.1. The lowest BCUT2D eigenvalue weighted by molar-refractivity contribution is -0.124. The first-order valence-electron chi connectivity index (χ1n) is 9.52. The summed E-state index contributed by atoms with van der Waals surface area (Å²) >= 11 is 1.53. The third kappa shape index (κ3) is 3.67. The van der Waals surface area contributed by atoms with Crippen LogP contribution >= 0.6 is 11.3 Å². The van der Waals surface area contributed by atoms with Crippen LogP contribution in [-0.4, -0.2) is 31.7 Å². The quantitative estimate of drug-likeness (QED) is 0.779. The second kappa shape index (κ2) is 7.69. The third-order valence-electron chi connectivity index (χ3n) is 6.13. The van der Waals surface area contributed by atoms with Gasteiger partial charge in [0.1, 0.15) is 11.1 Å². The largest absolute Gasteiger partial charge is 0.465 e. The maximum absolute atomic E-state index is 12.5. The molecule has 0 bridgehead atoms. The Hall–Kier alpha value is -1.40. The molecule has 1 N–H and O–H groups in total. The van der Waals surface area contributed by atoms with Gasteiger partial charge >= 0.3 is 5.97 Å². The highest BCUT2D eigenvalue weighted by Gasteiger charge is 2.36. The Morgan fingerprint density at radius 1 is 1.35 bits per heavy atom. The number of methoxy groups -OCH3 is 1. The molecule has 1 aromatic rings. The SMILES string of the molecule is CCC(C)(C)[C@H]1CCc2c(sc(NC(=O)[C@H]3CCCO3)c2C(=O)OC)C1. The molecule has 0 spiro atoms. The van der Waals surface area contributed by atoms with Crippen molar-refractivity contribution < 1.29 is 19.1 Å². The number of anilines is 1. The molecule has 144 valence electrons. The lowest BCUT2D eigenvalue weighted by Gasteiger charge is -2.36. The van der Waals surface area contributed by atoms with Crippen LogP contribution in [0, 0.1) is 11.3 Å². The Labute approximate surface area is 159 Å². The van der Waals surface area contributed by atoms with Crippen LogP contribution in [0.25, 0.3) is 0 Å². The lowest BCUT2D eigenvalue weighted by Crippen LogP contribution is -2.29. The van der Waals surface area contributed by atoms with Crippen LogP contribution in [0.2, 0.25) is 0 Å². The number of fused-ring (bicyclic) bond motifs is 1. The maximum Gasteiger partial charge on any atom is 0.341 e. The Morgan fingerprint density at radius 2 is 2.12 bits per heavy atom. The molecular weight excluding hydrogens is 350 g/mol. The predicted octanol–water partition coefficient (Wildman–Crippen LogP) is 4.19. The van der Waals surface area contributed by atoms with Gasteiger partial charge in [-0.1, -0.05) is 27.2 Å². The van der Waals surface area contributed by atoms with E-state index in [0.717, 1.165) is 44.1 Å². The van der Waals surface area contributed by atoms with E-state index in [4.69, 9.17) is 9.47 Å². The molecule has 1 fully saturated rings. The van der Waals surface area contributed by atoms with Gasteiger partial charge in [-0.05, 0) is 49.0 Å². The summed E-state index contributed by atoms with van der Waals surface area (Å²) in [7, 11) is 1.39. The fraction of sp³-hybridized carbons (Fsp3) is 0.700. The van der Waals surface area contributed by atoms with Gasteiger partial charge in [0.15, 0.2) is 0 Å². The van der Waals surface area contributed by atoms with Gasteiger partial charge in [-0.2, -0.15) is 0 Å². The fourth-order valence-electron chi connectivity index (χ4n) is 3.92. The minimum Gasteiger partial charge on any atom is -0.465 e. The van der Waals surface area contributed by atoms with E-state index < -0.39 is 6.10 Å². The summed E-state index contributed by atoms with van der Waals surface area (Å²) in [6, 6.07) is 0. The number of rotatable bonds is 5. The van der Waals surface area contributed by atoms with E-state index in [0.29, 0.717) is 23.1 Å². The summed E-state index contributed by atoms with van der Waals surface area (Å²) in [6.45, 7) is 7.49. The van der Waals surface area contributed by atoms with E-state index >= 15 is 0 Å². The molecule has 6 heteroatoms. The number of hydrogen-bond donors (Lipinski definition) is 1. The molecule has 1 aliphatic heterocycles. The zero-order valence-corrected chi connectivity index (χ0v) is 17.0. The summed E-state index contributed by atoms with van der Waals surface area (Å²) in [4.78, 5) is 26.1. The Bertz CT molecular complexity index is 688. The standard InChI is InChI=1S/C20H29NO4S/c1-5-20(2,3)12-8-9-13-15(11-12)26-18(16(13)19(23)24-4)21-17(22)14-7-6-10-25-14/h12,14H,5-11H2,1-4H3,(H,21,22)/t12-,14+/m0/s1. The van der Waals surface area contributed by atoms with Crippen LogP contribution in [0.3, 0.4) is 0 Å². The molecule has 2 heterocycles. The Morgan fingerprint density at radius 3 is 2.73 bits per heavy atom. The third-order valence-corrected chi connectivity index (χ3v) is 7.30. The second-order valence-corrected chi connectivity index (χ2v) is 9.08. The summed E-state index contributed by atoms with van der Waals surface area (Å²) in [5.41, 5.74) is 1.88. The molecule has 0 aromatic carbocycles. The van der Waals surface area contributed by atoms with E-state index in [9.17, 15) is 9.59 Å². The Kier molecular flexibility index (Phi) is 5.72. The second-order valence-electron chi connectivity index (χ2n) is 7.97. The van der Waals surface area contributed by atoms with Crippen molar-refractivity contribution in [3.05, 3.63) is 16.0 Å². The normalized spacial score (nSPS) is 22.8. The van der Waals surface area contributed by atoms with Crippen LogP contribution in [0.5, 0.6) is 0 Å². The average molecular weight is 380 g/mol. The fourth-order valence-corrected chi connectivity index (χ4v) is 5.24. The predicted molar refractivity (Wildman–Crippen MR) is 103 cm³/mol. The summed E-state index contributed by atoms with van der Waals surface area (Å²) in [5, 5.41) is 3.57. The number of carbonyl (C=O) groups is 2. The van der Waals surface area contributed by atoms with Crippen molar-refractivity contribution in [2.75, 3.05) is 19.0 Å². The number of amides is 1. The van der Waals surface area contributed by atoms with Crippen molar-refractivity contribution in [3.8, 4) is 0 Å². The van der Waals surface area contributed by atoms with Crippen molar-refractivity contribution in [2.24, 2.45) is 11.3 Å². The molecule has 5 nitrogen and oxygen atoms in total. The van der Waals surface area contributed by atoms with Gasteiger partial charge in [0.05, 0.1) is 12.7 Å². The number of ether oxygens (including phenoxy) is 2. The van der Waals surface area contributed by atoms with Gasteiger partial charge in [-0.15, -0.1) is 11.3 Å². The average Bonchev–Trinajstić information content (AvgIpc) is 3.28. The first-order chi connectivity index (χ1) is 12.4. The minimum atomic E-state index is -0.411. The van der Waals surface area contributed by atoms with Crippen molar-refractivity contribution in [3.63, 3.8) is 0 Å². The van der Waals surface area contributed by atoms with Crippen LogP contribution in [0.1, 0.15) is 67.3 Å². The molecule has 3 rings (SSSR count). The van der Waals surface area contributed by atoms with Gasteiger partial charge in [-0.25, -0.2) is 4.79 Å². The molecule has 2 aliphatic rings. The zero-order chi connectivity index (χ0) is 18.9. The molecule has 0 radical (unpaired) electrons. The van der Waals surface area contributed by atoms with Crippen LogP contribution in [0.4, 0.5) is 5.00 Å². The summed E-state index contributed by atoms with van der Waals surface area (Å²) in [5.74, 6) is 0.0703. The molecule has 1 aromatic heterocycles. The van der Waals surface area contributed by atoms with Crippen LogP contribution in [-0.2, 0) is 27.1 Å². The van der Waals surface area contributed by atoms with E-state index in [-0.39, 0.29) is 17.3 Å². The maximum atomic E-state index is 12.5. The van der Waals surface area contributed by atoms with Crippen LogP contribution < -0.4 is 5.32 Å². The van der Waals surface area contributed by atoms with Gasteiger partial charge in [0, 0.05) is 11.5 Å². The topological polar surface area (TPSA) is 64.6 Å². The molecule has 0 unspecified atom stereocenters. The molecule has 0 saturated carbocycles. The molecule has 1 saturated heterocycles. The monoisotopic (exact) mass is 379 g/mol. The highest BCUT2D eigenvalue weighted by Crippen LogP contribution is 2.45. The number of carbonyl (C=O) groups excluding carboxylic acids is 2. The number of thiophene rings is 1. The van der Waals surface area contributed by atoms with E-state index in [1.54, 1.807) is 0 Å². The molecule has 26 heavy (non-hydrogen) atoms. The summed E-state index contributed by atoms with van der Waals surface area (Å²) in [6.07, 6.45) is 5.24. The molecule has 2 atom stereocenters. The van der Waals surface area contributed by atoms with Gasteiger partial charge in [-0.3, -0.25) is 4.79 Å². The van der Waals surface area contributed by atoms with Gasteiger partial charge in [0.25, 0.3) is 5.91 Å². The minimum absolute atomic E-state index is 0.156. The first kappa shape index (κ1) is 19.4. The van der Waals surface area contributed by atoms with Gasteiger partial charge < -0.3 is 14.8 Å². The summed E-state index contributed by atoms with van der Waals surface area (Å²) < 4.78 is 10.5. The molecular formula is C20H29NO4S. The highest BCUT2D eigenvalue weighted by molar-refractivity contribution is 7.17. The Balaban J connectivity index is 1.88. The molecule has 1 amide bonds. The first-order valence-corrected chi connectivity index (χ1v) is 10.3.